The molecule has 0 heterocycles. The van der Waals surface area contributed by atoms with E-state index in [2.05, 4.69) is 10.0 Å². The Morgan fingerprint density at radius 2 is 2.00 bits per heavy atom. The molecular weight excluding hydrogens is 302 g/mol. The van der Waals surface area contributed by atoms with Crippen molar-refractivity contribution in [3.8, 4) is 0 Å². The number of benzene rings is 1. The summed E-state index contributed by atoms with van der Waals surface area (Å²) in [4.78, 5) is 13.6. The number of hydrogen-bond acceptors (Lipinski definition) is 4. The third-order valence-electron chi connectivity index (χ3n) is 2.43. The van der Waals surface area contributed by atoms with Crippen molar-refractivity contribution in [3.63, 3.8) is 0 Å². The number of carbonyl (C=O) groups excluding carboxylic acids is 1. The normalized spacial score (nSPS) is 11.2. The Kier molecular flexibility index (Phi) is 5.79. The van der Waals surface area contributed by atoms with Crippen molar-refractivity contribution >= 4 is 38.9 Å². The summed E-state index contributed by atoms with van der Waals surface area (Å²) in [5.74, 6) is -0.286. The Morgan fingerprint density at radius 3 is 2.55 bits per heavy atom. The number of anilines is 2. The van der Waals surface area contributed by atoms with Gasteiger partial charge in [0.05, 0.1) is 17.6 Å². The SMILES string of the molecule is CN(C)c1ccc(Cl)cc1NC(=O)CCNS(C)(=O)=O. The van der Waals surface area contributed by atoms with Gasteiger partial charge >= 0.3 is 0 Å². The van der Waals surface area contributed by atoms with Gasteiger partial charge in [-0.1, -0.05) is 11.6 Å². The highest BCUT2D eigenvalue weighted by molar-refractivity contribution is 7.88. The maximum absolute atomic E-state index is 11.8. The molecule has 0 aliphatic carbocycles. The van der Waals surface area contributed by atoms with E-state index in [9.17, 15) is 13.2 Å². The summed E-state index contributed by atoms with van der Waals surface area (Å²) < 4.78 is 24.0. The van der Waals surface area contributed by atoms with E-state index in [0.29, 0.717) is 10.7 Å². The third-order valence-corrected chi connectivity index (χ3v) is 3.39. The average Bonchev–Trinajstić information content (AvgIpc) is 2.26. The van der Waals surface area contributed by atoms with Crippen LogP contribution in [-0.4, -0.2) is 41.2 Å². The molecule has 1 rings (SSSR count). The van der Waals surface area contributed by atoms with Crippen LogP contribution in [0.2, 0.25) is 5.02 Å². The van der Waals surface area contributed by atoms with Crippen molar-refractivity contribution in [2.45, 2.75) is 6.42 Å². The molecule has 2 N–H and O–H groups in total. The highest BCUT2D eigenvalue weighted by Crippen LogP contribution is 2.27. The zero-order chi connectivity index (χ0) is 15.3. The van der Waals surface area contributed by atoms with Crippen molar-refractivity contribution < 1.29 is 13.2 Å². The number of nitrogens with zero attached hydrogens (tertiary/aromatic N) is 1. The van der Waals surface area contributed by atoms with Gasteiger partial charge < -0.3 is 10.2 Å². The van der Waals surface area contributed by atoms with Crippen molar-refractivity contribution in [2.24, 2.45) is 0 Å². The maximum Gasteiger partial charge on any atom is 0.225 e. The number of sulfonamides is 1. The lowest BCUT2D eigenvalue weighted by atomic mass is 10.2. The Hall–Kier alpha value is -1.31. The van der Waals surface area contributed by atoms with Gasteiger partial charge in [0.15, 0.2) is 0 Å². The van der Waals surface area contributed by atoms with E-state index in [1.807, 2.05) is 19.0 Å². The molecule has 1 aromatic rings. The van der Waals surface area contributed by atoms with E-state index in [4.69, 9.17) is 11.6 Å². The summed E-state index contributed by atoms with van der Waals surface area (Å²) in [5, 5.41) is 3.23. The number of nitrogens with one attached hydrogen (secondary N) is 2. The molecule has 1 amide bonds. The molecule has 1 aromatic carbocycles. The van der Waals surface area contributed by atoms with Crippen molar-refractivity contribution in [1.29, 1.82) is 0 Å². The lowest BCUT2D eigenvalue weighted by Gasteiger charge is -2.18. The Labute approximate surface area is 124 Å². The topological polar surface area (TPSA) is 78.5 Å². The van der Waals surface area contributed by atoms with Crippen LogP contribution >= 0.6 is 11.6 Å². The fourth-order valence-corrected chi connectivity index (χ4v) is 2.21. The van der Waals surface area contributed by atoms with Crippen LogP contribution in [0.4, 0.5) is 11.4 Å². The van der Waals surface area contributed by atoms with E-state index in [-0.39, 0.29) is 18.9 Å². The lowest BCUT2D eigenvalue weighted by Crippen LogP contribution is -2.27. The zero-order valence-electron chi connectivity index (χ0n) is 11.6. The van der Waals surface area contributed by atoms with Gasteiger partial charge in [-0.05, 0) is 18.2 Å². The summed E-state index contributed by atoms with van der Waals surface area (Å²) in [7, 11) is 0.422. The van der Waals surface area contributed by atoms with E-state index >= 15 is 0 Å². The molecule has 0 spiro atoms. The smallest absolute Gasteiger partial charge is 0.225 e. The molecule has 8 heteroatoms. The second-order valence-electron chi connectivity index (χ2n) is 4.52. The second-order valence-corrected chi connectivity index (χ2v) is 6.79. The number of carbonyl (C=O) groups is 1. The van der Waals surface area contributed by atoms with Crippen molar-refractivity contribution in [2.75, 3.05) is 37.1 Å². The zero-order valence-corrected chi connectivity index (χ0v) is 13.2. The minimum Gasteiger partial charge on any atom is -0.376 e. The average molecular weight is 320 g/mol. The van der Waals surface area contributed by atoms with Crippen molar-refractivity contribution in [3.05, 3.63) is 23.2 Å². The molecule has 112 valence electrons. The van der Waals surface area contributed by atoms with Gasteiger partial charge in [0.1, 0.15) is 0 Å². The molecule has 0 fully saturated rings. The first kappa shape index (κ1) is 16.7. The third kappa shape index (κ3) is 5.77. The largest absolute Gasteiger partial charge is 0.376 e. The predicted octanol–water partition coefficient (Wildman–Crippen LogP) is 1.28. The molecule has 0 radical (unpaired) electrons. The van der Waals surface area contributed by atoms with Gasteiger partial charge in [-0.25, -0.2) is 13.1 Å². The molecule has 0 aliphatic heterocycles. The summed E-state index contributed by atoms with van der Waals surface area (Å²) in [6.07, 6.45) is 1.10. The van der Waals surface area contributed by atoms with E-state index in [1.165, 1.54) is 0 Å². The van der Waals surface area contributed by atoms with Crippen LogP contribution in [0.15, 0.2) is 18.2 Å². The van der Waals surface area contributed by atoms with Gasteiger partial charge in [0.25, 0.3) is 0 Å². The number of rotatable bonds is 6. The summed E-state index contributed by atoms with van der Waals surface area (Å²) in [6.45, 7) is 0.0581. The predicted molar refractivity (Wildman–Crippen MR) is 81.9 cm³/mol. The minimum absolute atomic E-state index is 0.0481. The molecule has 0 unspecified atom stereocenters. The molecule has 0 saturated carbocycles. The minimum atomic E-state index is -3.28. The van der Waals surface area contributed by atoms with Gasteiger partial charge in [0.2, 0.25) is 15.9 Å². The highest BCUT2D eigenvalue weighted by Gasteiger charge is 2.10. The van der Waals surface area contributed by atoms with Gasteiger partial charge in [-0.3, -0.25) is 4.79 Å². The lowest BCUT2D eigenvalue weighted by molar-refractivity contribution is -0.116. The van der Waals surface area contributed by atoms with Crippen LogP contribution < -0.4 is 14.9 Å². The second kappa shape index (κ2) is 6.92. The van der Waals surface area contributed by atoms with Crippen LogP contribution in [0.3, 0.4) is 0 Å². The van der Waals surface area contributed by atoms with E-state index in [1.54, 1.807) is 18.2 Å². The first-order valence-electron chi connectivity index (χ1n) is 5.90. The molecule has 0 saturated heterocycles. The number of hydrogen-bond donors (Lipinski definition) is 2. The molecule has 0 aromatic heterocycles. The van der Waals surface area contributed by atoms with Crippen LogP contribution in [0.5, 0.6) is 0 Å². The van der Waals surface area contributed by atoms with Crippen LogP contribution in [-0.2, 0) is 14.8 Å². The molecule has 20 heavy (non-hydrogen) atoms. The van der Waals surface area contributed by atoms with Crippen LogP contribution in [0, 0.1) is 0 Å². The highest BCUT2D eigenvalue weighted by atomic mass is 35.5. The van der Waals surface area contributed by atoms with Gasteiger partial charge in [-0.15, -0.1) is 0 Å². The Morgan fingerprint density at radius 1 is 1.35 bits per heavy atom. The standard InChI is InChI=1S/C12H18ClN3O3S/c1-16(2)11-5-4-9(13)8-10(11)15-12(17)6-7-14-20(3,18)19/h4-5,8,14H,6-7H2,1-3H3,(H,15,17). The molecule has 0 bridgehead atoms. The molecular formula is C12H18ClN3O3S. The van der Waals surface area contributed by atoms with Gasteiger partial charge in [0, 0.05) is 32.1 Å². The number of halogens is 1. The summed E-state index contributed by atoms with van der Waals surface area (Å²) in [5.41, 5.74) is 1.41. The van der Waals surface area contributed by atoms with Gasteiger partial charge in [-0.2, -0.15) is 0 Å². The first-order chi connectivity index (χ1) is 9.19. The first-order valence-corrected chi connectivity index (χ1v) is 8.17. The summed E-state index contributed by atoms with van der Waals surface area (Å²) >= 11 is 5.91. The maximum atomic E-state index is 11.8. The molecule has 6 nitrogen and oxygen atoms in total. The Balaban J connectivity index is 2.68. The van der Waals surface area contributed by atoms with E-state index < -0.39 is 10.0 Å². The quantitative estimate of drug-likeness (QED) is 0.828. The molecule has 0 atom stereocenters. The van der Waals surface area contributed by atoms with Crippen LogP contribution in [0.1, 0.15) is 6.42 Å². The fourth-order valence-electron chi connectivity index (χ4n) is 1.56. The number of amides is 1. The fraction of sp³-hybridized carbons (Fsp3) is 0.417. The van der Waals surface area contributed by atoms with E-state index in [0.717, 1.165) is 11.9 Å². The monoisotopic (exact) mass is 319 g/mol. The summed E-state index contributed by atoms with van der Waals surface area (Å²) in [6, 6.07) is 5.18. The van der Waals surface area contributed by atoms with Crippen molar-refractivity contribution in [1.82, 2.24) is 4.72 Å². The molecule has 0 aliphatic rings. The van der Waals surface area contributed by atoms with Crippen LogP contribution in [0.25, 0.3) is 0 Å². The Bertz CT molecular complexity index is 588.